The number of nitrogens with zero attached hydrogens (tertiary/aromatic N) is 5. The van der Waals surface area contributed by atoms with E-state index in [0.29, 0.717) is 23.7 Å². The van der Waals surface area contributed by atoms with Crippen LogP contribution in [-0.4, -0.2) is 43.0 Å². The van der Waals surface area contributed by atoms with Crippen LogP contribution < -0.4 is 10.6 Å². The van der Waals surface area contributed by atoms with Crippen LogP contribution in [0.2, 0.25) is 0 Å². The summed E-state index contributed by atoms with van der Waals surface area (Å²) in [5, 5.41) is 13.7. The highest BCUT2D eigenvalue weighted by molar-refractivity contribution is 7.23. The van der Waals surface area contributed by atoms with E-state index >= 15 is 0 Å². The van der Waals surface area contributed by atoms with Gasteiger partial charge in [-0.05, 0) is 43.2 Å². The third-order valence-electron chi connectivity index (χ3n) is 6.02. The van der Waals surface area contributed by atoms with Crippen LogP contribution in [0.15, 0.2) is 55.0 Å². The predicted octanol–water partition coefficient (Wildman–Crippen LogP) is 3.43. The van der Waals surface area contributed by atoms with E-state index in [-0.39, 0.29) is 11.8 Å². The highest BCUT2D eigenvalue weighted by Gasteiger charge is 2.26. The summed E-state index contributed by atoms with van der Waals surface area (Å²) in [6.07, 6.45) is 5.99. The fourth-order valence-corrected chi connectivity index (χ4v) is 5.08. The maximum atomic E-state index is 12.8. The molecule has 3 aromatic heterocycles. The van der Waals surface area contributed by atoms with Crippen LogP contribution in [0.3, 0.4) is 0 Å². The van der Waals surface area contributed by atoms with Crippen molar-refractivity contribution < 1.29 is 9.59 Å². The van der Waals surface area contributed by atoms with Crippen molar-refractivity contribution in [3.8, 4) is 11.3 Å². The van der Waals surface area contributed by atoms with Crippen molar-refractivity contribution >= 4 is 38.3 Å². The van der Waals surface area contributed by atoms with Crippen molar-refractivity contribution in [2.24, 2.45) is 0 Å². The van der Waals surface area contributed by atoms with Gasteiger partial charge in [-0.3, -0.25) is 14.0 Å². The number of carbonyl (C=O) groups is 2. The number of hydrogen-bond donors (Lipinski definition) is 2. The van der Waals surface area contributed by atoms with Gasteiger partial charge in [-0.1, -0.05) is 23.5 Å². The van der Waals surface area contributed by atoms with Gasteiger partial charge in [0.15, 0.2) is 10.8 Å². The van der Waals surface area contributed by atoms with Gasteiger partial charge in [0.25, 0.3) is 11.8 Å². The van der Waals surface area contributed by atoms with E-state index in [4.69, 9.17) is 4.98 Å². The molecule has 170 valence electrons. The highest BCUT2D eigenvalue weighted by atomic mass is 32.1. The van der Waals surface area contributed by atoms with E-state index in [9.17, 15) is 9.59 Å². The van der Waals surface area contributed by atoms with Crippen LogP contribution in [0.5, 0.6) is 0 Å². The molecule has 2 N–H and O–H groups in total. The average molecular weight is 472 g/mol. The van der Waals surface area contributed by atoms with Crippen LogP contribution in [0.1, 0.15) is 45.4 Å². The molecule has 1 saturated carbocycles. The van der Waals surface area contributed by atoms with Crippen LogP contribution in [0.4, 0.5) is 0 Å². The average Bonchev–Trinajstić information content (AvgIpc) is 3.30. The first-order chi connectivity index (χ1) is 16.6. The molecule has 1 fully saturated rings. The molecule has 3 heterocycles. The van der Waals surface area contributed by atoms with E-state index in [1.54, 1.807) is 25.5 Å². The molecule has 2 aromatic carbocycles. The van der Waals surface area contributed by atoms with Gasteiger partial charge in [-0.15, -0.1) is 10.2 Å². The number of imidazole rings is 1. The van der Waals surface area contributed by atoms with Crippen molar-refractivity contribution in [2.75, 3.05) is 7.05 Å². The molecule has 34 heavy (non-hydrogen) atoms. The molecule has 9 nitrogen and oxygen atoms in total. The Morgan fingerprint density at radius 3 is 2.65 bits per heavy atom. The van der Waals surface area contributed by atoms with E-state index in [2.05, 4.69) is 20.8 Å². The molecular weight excluding hydrogens is 450 g/mol. The van der Waals surface area contributed by atoms with Gasteiger partial charge in [0, 0.05) is 36.0 Å². The van der Waals surface area contributed by atoms with Gasteiger partial charge < -0.3 is 15.2 Å². The first kappa shape index (κ1) is 20.5. The molecular formula is C24H21N7O2S. The minimum Gasteiger partial charge on any atom is -0.355 e. The summed E-state index contributed by atoms with van der Waals surface area (Å²) in [7, 11) is 1.61. The Morgan fingerprint density at radius 2 is 1.88 bits per heavy atom. The number of aromatic nitrogens is 5. The maximum Gasteiger partial charge on any atom is 0.251 e. The number of amides is 2. The van der Waals surface area contributed by atoms with Crippen molar-refractivity contribution in [1.82, 2.24) is 34.8 Å². The van der Waals surface area contributed by atoms with Crippen molar-refractivity contribution in [2.45, 2.75) is 25.4 Å². The largest absolute Gasteiger partial charge is 0.355 e. The lowest BCUT2D eigenvalue weighted by Gasteiger charge is -2.07. The van der Waals surface area contributed by atoms with Gasteiger partial charge in [0.1, 0.15) is 6.33 Å². The number of nitrogens with one attached hydrogen (secondary N) is 2. The second-order valence-electron chi connectivity index (χ2n) is 8.29. The molecule has 0 radical (unpaired) electrons. The summed E-state index contributed by atoms with van der Waals surface area (Å²) in [4.78, 5) is 30.1. The van der Waals surface area contributed by atoms with Gasteiger partial charge in [-0.25, -0.2) is 4.98 Å². The van der Waals surface area contributed by atoms with Gasteiger partial charge in [0.2, 0.25) is 0 Å². The Balaban J connectivity index is 1.22. The summed E-state index contributed by atoms with van der Waals surface area (Å²) >= 11 is 1.53. The second kappa shape index (κ2) is 8.07. The maximum absolute atomic E-state index is 12.8. The first-order valence-electron chi connectivity index (χ1n) is 11.0. The normalized spacial score (nSPS) is 13.4. The number of hydrogen-bond acceptors (Lipinski definition) is 6. The quantitative estimate of drug-likeness (QED) is 0.395. The van der Waals surface area contributed by atoms with Gasteiger partial charge >= 0.3 is 0 Å². The lowest BCUT2D eigenvalue weighted by atomic mass is 10.1. The van der Waals surface area contributed by atoms with E-state index < -0.39 is 0 Å². The smallest absolute Gasteiger partial charge is 0.251 e. The van der Waals surface area contributed by atoms with Gasteiger partial charge in [-0.2, -0.15) is 0 Å². The summed E-state index contributed by atoms with van der Waals surface area (Å²) < 4.78 is 5.06. The zero-order valence-electron chi connectivity index (χ0n) is 18.4. The minimum absolute atomic E-state index is 0.118. The zero-order chi connectivity index (χ0) is 23.2. The third-order valence-corrected chi connectivity index (χ3v) is 7.04. The second-order valence-corrected chi connectivity index (χ2v) is 9.30. The fraction of sp³-hybridized carbons (Fsp3) is 0.208. The van der Waals surface area contributed by atoms with Crippen molar-refractivity contribution in [1.29, 1.82) is 0 Å². The first-order valence-corrected chi connectivity index (χ1v) is 11.8. The van der Waals surface area contributed by atoms with Crippen molar-refractivity contribution in [3.63, 3.8) is 0 Å². The molecule has 0 saturated heterocycles. The van der Waals surface area contributed by atoms with Crippen LogP contribution >= 0.6 is 11.3 Å². The van der Waals surface area contributed by atoms with Crippen LogP contribution in [0, 0.1) is 0 Å². The van der Waals surface area contributed by atoms with E-state index in [0.717, 1.165) is 45.1 Å². The molecule has 10 heteroatoms. The number of rotatable bonds is 6. The Kier molecular flexibility index (Phi) is 4.88. The molecule has 6 rings (SSSR count). The highest BCUT2D eigenvalue weighted by Crippen LogP contribution is 2.35. The molecule has 2 amide bonds. The Labute approximate surface area is 198 Å². The van der Waals surface area contributed by atoms with E-state index in [1.807, 2.05) is 45.5 Å². The molecule has 0 bridgehead atoms. The molecule has 5 aromatic rings. The lowest BCUT2D eigenvalue weighted by Crippen LogP contribution is -2.24. The number of fused-ring (bicyclic) bond motifs is 3. The summed E-state index contributed by atoms with van der Waals surface area (Å²) in [6, 6.07) is 13.5. The molecule has 0 atom stereocenters. The topological polar surface area (TPSA) is 106 Å². The molecule has 0 aliphatic heterocycles. The summed E-state index contributed by atoms with van der Waals surface area (Å²) in [6.45, 7) is 0.350. The van der Waals surface area contributed by atoms with E-state index in [1.165, 1.54) is 11.3 Å². The Bertz CT molecular complexity index is 1540. The predicted molar refractivity (Wildman–Crippen MR) is 129 cm³/mol. The van der Waals surface area contributed by atoms with Gasteiger partial charge in [0.05, 0.1) is 22.5 Å². The SMILES string of the molecule is CNC(=O)c1ccc(-c2cn3c(n2)sc2cc(C(=O)NCc4nncn4C4CC4)ccc23)cc1. The Hall–Kier alpha value is -4.05. The zero-order valence-corrected chi connectivity index (χ0v) is 19.2. The van der Waals surface area contributed by atoms with Crippen molar-refractivity contribution in [3.05, 3.63) is 71.9 Å². The standard InChI is InChI=1S/C24H21N7O2S/c1-25-22(32)15-4-2-14(3-5-15)18-12-30-19-9-6-16(10-20(19)34-24(30)28-18)23(33)26-11-21-29-27-13-31(21)17-7-8-17/h2-6,9-10,12-13,17H,7-8,11H2,1H3,(H,25,32)(H,26,33). The fourth-order valence-electron chi connectivity index (χ4n) is 4.03. The lowest BCUT2D eigenvalue weighted by molar-refractivity contribution is 0.0946. The number of benzene rings is 2. The molecule has 0 spiro atoms. The molecule has 1 aliphatic carbocycles. The van der Waals surface area contributed by atoms with Crippen LogP contribution in [-0.2, 0) is 6.54 Å². The Morgan fingerprint density at radius 1 is 1.09 bits per heavy atom. The summed E-state index contributed by atoms with van der Waals surface area (Å²) in [5.74, 6) is 0.519. The monoisotopic (exact) mass is 471 g/mol. The number of carbonyl (C=O) groups excluding carboxylic acids is 2. The minimum atomic E-state index is -0.143. The van der Waals surface area contributed by atoms with Crippen LogP contribution in [0.25, 0.3) is 26.4 Å². The summed E-state index contributed by atoms with van der Waals surface area (Å²) in [5.41, 5.74) is 3.96. The molecule has 1 aliphatic rings. The molecule has 0 unspecified atom stereocenters. The third kappa shape index (κ3) is 3.61. The number of thiazole rings is 1.